The molecule has 13 rings (SSSR count). The first-order valence-corrected chi connectivity index (χ1v) is 37.5. The molecule has 0 radical (unpaired) electrons. The molecule has 0 aliphatic carbocycles. The molecular weight excluding hydrogens is 1540 g/mol. The van der Waals surface area contributed by atoms with Crippen LogP contribution in [0.5, 0.6) is 0 Å². The Hall–Kier alpha value is -11.6. The van der Waals surface area contributed by atoms with E-state index in [0.717, 1.165) is 36.2 Å². The van der Waals surface area contributed by atoms with Gasteiger partial charge in [-0.2, -0.15) is 52.7 Å². The lowest BCUT2D eigenvalue weighted by molar-refractivity contribution is -0.138. The molecular formula is C83H88F12N18O4. The van der Waals surface area contributed by atoms with Crippen molar-refractivity contribution in [3.05, 3.63) is 249 Å². The fourth-order valence-corrected chi connectivity index (χ4v) is 13.6. The third-order valence-electron chi connectivity index (χ3n) is 19.8. The van der Waals surface area contributed by atoms with Crippen LogP contribution in [-0.4, -0.2) is 160 Å². The van der Waals surface area contributed by atoms with Gasteiger partial charge in [0.05, 0.1) is 33.4 Å². The number of piperazine rings is 4. The number of nitrogens with two attached hydrogens (primary N) is 2. The Bertz CT molecular complexity index is 5040. The number of carbonyl (C=O) groups is 4. The molecule has 4 aliphatic rings. The van der Waals surface area contributed by atoms with Crippen LogP contribution >= 0.6 is 0 Å². The maximum absolute atomic E-state index is 13.8. The van der Waals surface area contributed by atoms with Crippen molar-refractivity contribution in [1.29, 1.82) is 0 Å². The van der Waals surface area contributed by atoms with Gasteiger partial charge < -0.3 is 52.3 Å². The van der Waals surface area contributed by atoms with Gasteiger partial charge in [0.15, 0.2) is 0 Å². The Kier molecular flexibility index (Phi) is 28.5. The normalized spacial score (nSPS) is 16.7. The van der Waals surface area contributed by atoms with Crippen LogP contribution in [0.2, 0.25) is 0 Å². The van der Waals surface area contributed by atoms with E-state index < -0.39 is 92.9 Å². The number of ketones is 4. The smallest absolute Gasteiger partial charge is 0.383 e. The first kappa shape index (κ1) is 87.8. The van der Waals surface area contributed by atoms with Crippen molar-refractivity contribution in [3.8, 4) is 0 Å². The number of aromatic nitrogens is 8. The lowest BCUT2D eigenvalue weighted by Crippen LogP contribution is -2.53. The van der Waals surface area contributed by atoms with Gasteiger partial charge in [0.1, 0.15) is 57.7 Å². The van der Waals surface area contributed by atoms with Gasteiger partial charge in [-0.3, -0.25) is 29.1 Å². The van der Waals surface area contributed by atoms with Crippen LogP contribution in [0.1, 0.15) is 155 Å². The minimum Gasteiger partial charge on any atom is -0.383 e. The molecule has 8 N–H and O–H groups in total. The minimum atomic E-state index is -4.72. The van der Waals surface area contributed by atoms with Crippen molar-refractivity contribution < 1.29 is 71.9 Å². The van der Waals surface area contributed by atoms with Gasteiger partial charge in [-0.05, 0) is 134 Å². The van der Waals surface area contributed by atoms with E-state index in [9.17, 15) is 71.9 Å². The zero-order chi connectivity index (χ0) is 84.8. The number of benzene rings is 1. The second kappa shape index (κ2) is 38.0. The number of rotatable bonds is 18. The third-order valence-corrected chi connectivity index (χ3v) is 19.8. The number of pyridine rings is 8. The molecule has 12 heterocycles. The number of aryl methyl sites for hydroxylation is 2. The third kappa shape index (κ3) is 22.1. The topological polar surface area (TPSA) is 285 Å². The van der Waals surface area contributed by atoms with Crippen LogP contribution in [0.3, 0.4) is 0 Å². The molecule has 4 aliphatic heterocycles. The summed E-state index contributed by atoms with van der Waals surface area (Å²) in [6, 6.07) is 27.9. The summed E-state index contributed by atoms with van der Waals surface area (Å²) in [5, 5.41) is 13.4. The fourth-order valence-electron chi connectivity index (χ4n) is 13.6. The molecule has 0 amide bonds. The number of nitrogens with one attached hydrogen (secondary N) is 4. The van der Waals surface area contributed by atoms with Gasteiger partial charge in [-0.25, -0.2) is 29.9 Å². The first-order chi connectivity index (χ1) is 55.4. The van der Waals surface area contributed by atoms with Gasteiger partial charge in [0, 0.05) is 151 Å². The number of carbonyl (C=O) groups excluding carboxylic acids is 4. The minimum absolute atomic E-state index is 0.00101. The van der Waals surface area contributed by atoms with Crippen LogP contribution < -0.4 is 52.3 Å². The average molecular weight is 1630 g/mol. The van der Waals surface area contributed by atoms with E-state index in [0.29, 0.717) is 143 Å². The Morgan fingerprint density at radius 3 is 1.33 bits per heavy atom. The highest BCUT2D eigenvalue weighted by Crippen LogP contribution is 2.39. The SMILES string of the molecule is C=Cc1cnc(C)c(C(=O)c2nc(N3CCNC(c4ccccc4)C3)ccc2C(F)(F)F)c1.C=Cc1cnc(N)c(C(=O)c2nc(N3CCNCC3)ccc2C(F)(F)F)c1.CC(C)[C@H]1CN(c2ccc(C(F)(F)F)c(C(=O)c3cccnc3N)n2)CCN1.Cc1ncccc1C(=O)c1nc(N2CCN[C@@H](CC(C)C)C2)ccc1C(F)(F)F. The average Bonchev–Trinajstić information content (AvgIpc) is 0.795. The van der Waals surface area contributed by atoms with Crippen LogP contribution in [-0.2, 0) is 24.7 Å². The number of nitrogens with zero attached hydrogens (tertiary/aromatic N) is 12. The molecule has 9 aromatic rings. The molecule has 22 nitrogen and oxygen atoms in total. The van der Waals surface area contributed by atoms with E-state index in [4.69, 9.17) is 11.5 Å². The molecule has 1 unspecified atom stereocenters. The Balaban J connectivity index is 0.000000165. The van der Waals surface area contributed by atoms with Gasteiger partial charge in [0.2, 0.25) is 23.1 Å². The Labute approximate surface area is 667 Å². The van der Waals surface area contributed by atoms with E-state index in [1.807, 2.05) is 49.9 Å². The molecule has 4 saturated heterocycles. The second-order valence-electron chi connectivity index (χ2n) is 28.7. The second-order valence-corrected chi connectivity index (χ2v) is 28.7. The number of hydrogen-bond donors (Lipinski definition) is 6. The quantitative estimate of drug-likeness (QED) is 0.0344. The van der Waals surface area contributed by atoms with Gasteiger partial charge in [-0.15, -0.1) is 0 Å². The summed E-state index contributed by atoms with van der Waals surface area (Å²) in [6.07, 6.45) is -9.19. The van der Waals surface area contributed by atoms with E-state index in [2.05, 4.69) is 102 Å². The summed E-state index contributed by atoms with van der Waals surface area (Å²) in [7, 11) is 0. The maximum Gasteiger partial charge on any atom is 0.418 e. The zero-order valence-electron chi connectivity index (χ0n) is 64.8. The highest BCUT2D eigenvalue weighted by atomic mass is 19.4. The monoisotopic (exact) mass is 1630 g/mol. The summed E-state index contributed by atoms with van der Waals surface area (Å²) in [4.78, 5) is 91.9. The zero-order valence-corrected chi connectivity index (χ0v) is 64.8. The van der Waals surface area contributed by atoms with Crippen LogP contribution in [0.4, 0.5) is 87.6 Å². The molecule has 34 heteroatoms. The predicted octanol–water partition coefficient (Wildman–Crippen LogP) is 13.8. The van der Waals surface area contributed by atoms with Crippen LogP contribution in [0.25, 0.3) is 12.2 Å². The molecule has 0 bridgehead atoms. The van der Waals surface area contributed by atoms with Crippen molar-refractivity contribution in [2.75, 3.05) is 116 Å². The first-order valence-electron chi connectivity index (χ1n) is 37.5. The Morgan fingerprint density at radius 1 is 0.453 bits per heavy atom. The summed E-state index contributed by atoms with van der Waals surface area (Å²) >= 11 is 0. The molecule has 4 fully saturated rings. The highest BCUT2D eigenvalue weighted by molar-refractivity contribution is 6.13. The lowest BCUT2D eigenvalue weighted by atomic mass is 10.0. The molecule has 618 valence electrons. The maximum atomic E-state index is 13.8. The van der Waals surface area contributed by atoms with Crippen molar-refractivity contribution in [1.82, 2.24) is 61.1 Å². The number of nitrogen functional groups attached to an aromatic ring is 2. The summed E-state index contributed by atoms with van der Waals surface area (Å²) in [5.41, 5.74) is 7.36. The standard InChI is InChI=1S/C25H23F3N4O.C21H25F3N4O.C19H22F3N5O.C18H18F3N5O/c1-3-17-13-19(16(2)30-14-17)24(33)23-20(25(26,27)28)9-10-22(31-23)32-12-11-29-21(15-32)18-7-5-4-6-8-18;1-13(2)11-15-12-28(10-9-26-15)18-7-6-17(21(22,23)24)19(27-18)20(29)16-5-4-8-25-14(16)3;1-11(2)14-10-27(9-8-24-14)15-6-5-13(19(20,21)22)16(26-15)17(28)12-4-3-7-25-18(12)23;1-2-11-9-12(17(22)24-10-11)16(27)15-13(18(19,20)21)3-4-14(25-15)26-7-5-23-6-8-26/h3-10,13-14,21,29H,1,11-12,15H2,2H3;4-8,13,15,26H,9-12H2,1-3H3;3-7,11,14,24H,8-10H2,1-2H3,(H2,23,25);2-4,9-10,23H,1,5-8H2,(H2,22,24)/t;15-;14-;/m.01./s1. The van der Waals surface area contributed by atoms with E-state index in [1.54, 1.807) is 13.8 Å². The molecule has 1 aromatic carbocycles. The van der Waals surface area contributed by atoms with Crippen molar-refractivity contribution >= 4 is 70.2 Å². The lowest BCUT2D eigenvalue weighted by Gasteiger charge is -2.36. The van der Waals surface area contributed by atoms with Crippen molar-refractivity contribution in [3.63, 3.8) is 0 Å². The van der Waals surface area contributed by atoms with E-state index >= 15 is 0 Å². The highest BCUT2D eigenvalue weighted by Gasteiger charge is 2.42. The molecule has 3 atom stereocenters. The summed E-state index contributed by atoms with van der Waals surface area (Å²) in [6.45, 7) is 26.9. The number of hydrogen-bond acceptors (Lipinski definition) is 22. The Morgan fingerprint density at radius 2 is 0.855 bits per heavy atom. The van der Waals surface area contributed by atoms with Crippen molar-refractivity contribution in [2.24, 2.45) is 11.8 Å². The van der Waals surface area contributed by atoms with E-state index in [-0.39, 0.29) is 52.0 Å². The van der Waals surface area contributed by atoms with E-state index in [1.165, 1.54) is 97.6 Å². The summed E-state index contributed by atoms with van der Waals surface area (Å²) in [5.74, 6) is -1.45. The molecule has 0 saturated carbocycles. The number of alkyl halides is 12. The fraction of sp³-hybridized carbons (Fsp3) is 0.349. The molecule has 8 aromatic heterocycles. The van der Waals surface area contributed by atoms with Crippen LogP contribution in [0.15, 0.2) is 153 Å². The van der Waals surface area contributed by atoms with Crippen LogP contribution in [0, 0.1) is 25.7 Å². The summed E-state index contributed by atoms with van der Waals surface area (Å²) < 4.78 is 163. The number of anilines is 6. The van der Waals surface area contributed by atoms with Gasteiger partial charge in [-0.1, -0.05) is 83.3 Å². The predicted molar refractivity (Wildman–Crippen MR) is 423 cm³/mol. The van der Waals surface area contributed by atoms with Crippen molar-refractivity contribution in [2.45, 2.75) is 90.8 Å². The van der Waals surface area contributed by atoms with Gasteiger partial charge >= 0.3 is 24.7 Å². The molecule has 0 spiro atoms. The molecule has 117 heavy (non-hydrogen) atoms. The largest absolute Gasteiger partial charge is 0.418 e. The number of halogens is 12. The van der Waals surface area contributed by atoms with Gasteiger partial charge in [0.25, 0.3) is 0 Å².